The molecule has 0 radical (unpaired) electrons. The molecule has 0 aliphatic rings. The van der Waals surface area contributed by atoms with Gasteiger partial charge in [0.25, 0.3) is 0 Å². The third kappa shape index (κ3) is 4.72. The molecule has 0 atom stereocenters. The highest BCUT2D eigenvalue weighted by Gasteiger charge is 2.13. The predicted octanol–water partition coefficient (Wildman–Crippen LogP) is 4.01. The van der Waals surface area contributed by atoms with Crippen molar-refractivity contribution in [1.29, 1.82) is 0 Å². The van der Waals surface area contributed by atoms with Crippen LogP contribution in [-0.2, 0) is 6.54 Å². The maximum Gasteiger partial charge on any atom is 0.203 e. The van der Waals surface area contributed by atoms with E-state index in [0.717, 1.165) is 12.1 Å². The Balaban J connectivity index is 2.96. The monoisotopic (exact) mass is 305 g/mol. The number of benzene rings is 1. The summed E-state index contributed by atoms with van der Waals surface area (Å²) >= 11 is 0. The maximum atomic E-state index is 5.38. The van der Waals surface area contributed by atoms with Crippen LogP contribution in [0, 0.1) is 0 Å². The van der Waals surface area contributed by atoms with E-state index in [2.05, 4.69) is 37.9 Å². The summed E-state index contributed by atoms with van der Waals surface area (Å²) in [5, 5.41) is 0. The second-order valence-electron chi connectivity index (χ2n) is 5.45. The molecular weight excluding hydrogens is 278 g/mol. The topological polar surface area (TPSA) is 30.9 Å². The van der Waals surface area contributed by atoms with Gasteiger partial charge < -0.3 is 19.1 Å². The van der Waals surface area contributed by atoms with Gasteiger partial charge in [-0.3, -0.25) is 0 Å². The van der Waals surface area contributed by atoms with E-state index in [1.807, 2.05) is 19.2 Å². The molecule has 0 aliphatic heterocycles. The number of rotatable bonds is 7. The van der Waals surface area contributed by atoms with Gasteiger partial charge in [-0.2, -0.15) is 0 Å². The Hall–Kier alpha value is -2.10. The molecule has 22 heavy (non-hydrogen) atoms. The van der Waals surface area contributed by atoms with E-state index in [1.165, 1.54) is 11.1 Å². The Labute approximate surface area is 134 Å². The Kier molecular flexibility index (Phi) is 6.83. The highest BCUT2D eigenvalue weighted by Crippen LogP contribution is 2.38. The average Bonchev–Trinajstić information content (AvgIpc) is 2.51. The van der Waals surface area contributed by atoms with Crippen LogP contribution in [0.5, 0.6) is 17.2 Å². The lowest BCUT2D eigenvalue weighted by Gasteiger charge is -2.18. The van der Waals surface area contributed by atoms with Gasteiger partial charge in [-0.15, -0.1) is 0 Å². The zero-order chi connectivity index (χ0) is 16.7. The van der Waals surface area contributed by atoms with Crippen molar-refractivity contribution in [2.24, 2.45) is 0 Å². The average molecular weight is 305 g/mol. The van der Waals surface area contributed by atoms with Crippen molar-refractivity contribution in [3.05, 3.63) is 41.1 Å². The van der Waals surface area contributed by atoms with E-state index in [9.17, 15) is 0 Å². The first kappa shape index (κ1) is 18.0. The highest BCUT2D eigenvalue weighted by atomic mass is 16.5. The molecule has 1 aromatic rings. The highest BCUT2D eigenvalue weighted by molar-refractivity contribution is 5.53. The molecule has 0 aliphatic carbocycles. The normalized spacial score (nSPS) is 10.5. The van der Waals surface area contributed by atoms with Crippen LogP contribution in [0.4, 0.5) is 0 Å². The van der Waals surface area contributed by atoms with Crippen molar-refractivity contribution in [2.75, 3.05) is 28.4 Å². The summed E-state index contributed by atoms with van der Waals surface area (Å²) in [6.45, 7) is 7.08. The van der Waals surface area contributed by atoms with Crippen molar-refractivity contribution in [2.45, 2.75) is 27.3 Å². The Morgan fingerprint density at radius 3 is 1.95 bits per heavy atom. The molecule has 0 bridgehead atoms. The van der Waals surface area contributed by atoms with Gasteiger partial charge in [0.2, 0.25) is 5.75 Å². The minimum atomic E-state index is 0.618. The lowest BCUT2D eigenvalue weighted by Crippen LogP contribution is -2.10. The van der Waals surface area contributed by atoms with Crippen LogP contribution in [-0.4, -0.2) is 33.3 Å². The minimum absolute atomic E-state index is 0.618. The molecule has 1 rings (SSSR count). The summed E-state index contributed by atoms with van der Waals surface area (Å²) in [6, 6.07) is 3.94. The summed E-state index contributed by atoms with van der Waals surface area (Å²) in [5.74, 6) is 1.97. The molecule has 0 aromatic heterocycles. The molecule has 0 fully saturated rings. The van der Waals surface area contributed by atoms with Crippen LogP contribution in [0.2, 0.25) is 0 Å². The van der Waals surface area contributed by atoms with Crippen molar-refractivity contribution in [3.8, 4) is 17.2 Å². The third-order valence-corrected chi connectivity index (χ3v) is 3.52. The molecule has 0 saturated carbocycles. The fourth-order valence-corrected chi connectivity index (χ4v) is 1.97. The third-order valence-electron chi connectivity index (χ3n) is 3.52. The molecule has 0 amide bonds. The maximum absolute atomic E-state index is 5.38. The van der Waals surface area contributed by atoms with Gasteiger partial charge in [0, 0.05) is 13.6 Å². The second kappa shape index (κ2) is 8.37. The first-order valence-electron chi connectivity index (χ1n) is 7.24. The lowest BCUT2D eigenvalue weighted by molar-refractivity contribution is 0.322. The number of allylic oxidation sites excluding steroid dienone is 3. The smallest absolute Gasteiger partial charge is 0.203 e. The van der Waals surface area contributed by atoms with Gasteiger partial charge in [0.05, 0.1) is 21.3 Å². The quantitative estimate of drug-likeness (QED) is 0.712. The first-order valence-corrected chi connectivity index (χ1v) is 7.24. The predicted molar refractivity (Wildman–Crippen MR) is 90.8 cm³/mol. The Bertz CT molecular complexity index is 532. The van der Waals surface area contributed by atoms with Crippen LogP contribution in [0.15, 0.2) is 35.6 Å². The van der Waals surface area contributed by atoms with Gasteiger partial charge >= 0.3 is 0 Å². The van der Waals surface area contributed by atoms with Gasteiger partial charge in [0.15, 0.2) is 11.5 Å². The number of methoxy groups -OCH3 is 3. The van der Waals surface area contributed by atoms with E-state index in [0.29, 0.717) is 17.2 Å². The molecule has 0 unspecified atom stereocenters. The first-order chi connectivity index (χ1) is 10.4. The van der Waals surface area contributed by atoms with Gasteiger partial charge in [-0.1, -0.05) is 11.1 Å². The molecule has 0 N–H and O–H groups in total. The molecular formula is C18H27NO3. The largest absolute Gasteiger partial charge is 0.493 e. The van der Waals surface area contributed by atoms with E-state index >= 15 is 0 Å². The SMILES string of the molecule is COc1cc(CN(C)C=CC(C)=C(C)C)cc(OC)c1OC. The Morgan fingerprint density at radius 1 is 1.00 bits per heavy atom. The molecule has 1 aromatic carbocycles. The minimum Gasteiger partial charge on any atom is -0.493 e. The van der Waals surface area contributed by atoms with E-state index in [1.54, 1.807) is 21.3 Å². The van der Waals surface area contributed by atoms with Crippen LogP contribution in [0.1, 0.15) is 26.3 Å². The van der Waals surface area contributed by atoms with Crippen molar-refractivity contribution in [3.63, 3.8) is 0 Å². The number of nitrogens with zero attached hydrogens (tertiary/aromatic N) is 1. The van der Waals surface area contributed by atoms with Crippen molar-refractivity contribution in [1.82, 2.24) is 4.90 Å². The van der Waals surface area contributed by atoms with E-state index < -0.39 is 0 Å². The lowest BCUT2D eigenvalue weighted by atomic mass is 10.1. The summed E-state index contributed by atoms with van der Waals surface area (Å²) in [5.41, 5.74) is 3.69. The van der Waals surface area contributed by atoms with Gasteiger partial charge in [0.1, 0.15) is 0 Å². The summed E-state index contributed by atoms with van der Waals surface area (Å²) in [7, 11) is 6.90. The van der Waals surface area contributed by atoms with Crippen molar-refractivity contribution < 1.29 is 14.2 Å². The summed E-state index contributed by atoms with van der Waals surface area (Å²) in [4.78, 5) is 2.12. The van der Waals surface area contributed by atoms with Crippen molar-refractivity contribution >= 4 is 0 Å². The molecule has 122 valence electrons. The fraction of sp³-hybridized carbons (Fsp3) is 0.444. The molecule has 4 nitrogen and oxygen atoms in total. The van der Waals surface area contributed by atoms with Gasteiger partial charge in [-0.05, 0) is 50.7 Å². The molecule has 0 spiro atoms. The summed E-state index contributed by atoms with van der Waals surface area (Å²) in [6.07, 6.45) is 4.19. The van der Waals surface area contributed by atoms with E-state index in [4.69, 9.17) is 14.2 Å². The number of hydrogen-bond donors (Lipinski definition) is 0. The molecule has 4 heteroatoms. The van der Waals surface area contributed by atoms with Crippen LogP contribution in [0.25, 0.3) is 0 Å². The zero-order valence-electron chi connectivity index (χ0n) is 14.7. The number of ether oxygens (including phenoxy) is 3. The number of hydrogen-bond acceptors (Lipinski definition) is 4. The summed E-state index contributed by atoms with van der Waals surface area (Å²) < 4.78 is 16.1. The van der Waals surface area contributed by atoms with Crippen LogP contribution >= 0.6 is 0 Å². The zero-order valence-corrected chi connectivity index (χ0v) is 14.7. The van der Waals surface area contributed by atoms with E-state index in [-0.39, 0.29) is 0 Å². The van der Waals surface area contributed by atoms with Crippen LogP contribution in [0.3, 0.4) is 0 Å². The van der Waals surface area contributed by atoms with Gasteiger partial charge in [-0.25, -0.2) is 0 Å². The Morgan fingerprint density at radius 2 is 1.55 bits per heavy atom. The standard InChI is InChI=1S/C18H27NO3/c1-13(2)14(3)8-9-19(4)12-15-10-16(20-5)18(22-7)17(11-15)21-6/h8-11H,12H2,1-7H3. The second-order valence-corrected chi connectivity index (χ2v) is 5.45. The molecule has 0 saturated heterocycles. The van der Waals surface area contributed by atoms with Crippen LogP contribution < -0.4 is 14.2 Å². The fourth-order valence-electron chi connectivity index (χ4n) is 1.97. The molecule has 0 heterocycles.